The molecule has 3 heterocycles. The SMILES string of the molecule is Cn1cccc1C(=O)N1Cc2[nH]cnc2C(c2ccccc2)C1. The fourth-order valence-electron chi connectivity index (χ4n) is 3.27. The molecule has 0 saturated heterocycles. The summed E-state index contributed by atoms with van der Waals surface area (Å²) in [4.78, 5) is 22.4. The van der Waals surface area contributed by atoms with E-state index in [1.165, 1.54) is 5.56 Å². The van der Waals surface area contributed by atoms with E-state index in [4.69, 9.17) is 0 Å². The molecule has 0 radical (unpaired) electrons. The number of amides is 1. The monoisotopic (exact) mass is 306 g/mol. The number of aromatic nitrogens is 3. The van der Waals surface area contributed by atoms with Gasteiger partial charge in [-0.25, -0.2) is 4.98 Å². The fraction of sp³-hybridized carbons (Fsp3) is 0.222. The fourth-order valence-corrected chi connectivity index (χ4v) is 3.27. The predicted molar refractivity (Wildman–Crippen MR) is 87.0 cm³/mol. The molecule has 116 valence electrons. The molecule has 0 aliphatic carbocycles. The molecule has 4 rings (SSSR count). The number of carbonyl (C=O) groups is 1. The van der Waals surface area contributed by atoms with E-state index in [0.29, 0.717) is 18.8 Å². The van der Waals surface area contributed by atoms with Gasteiger partial charge in [-0.2, -0.15) is 0 Å². The summed E-state index contributed by atoms with van der Waals surface area (Å²) in [6, 6.07) is 14.0. The summed E-state index contributed by atoms with van der Waals surface area (Å²) in [6.07, 6.45) is 3.62. The van der Waals surface area contributed by atoms with Crippen LogP contribution in [0, 0.1) is 0 Å². The number of hydrogen-bond donors (Lipinski definition) is 1. The van der Waals surface area contributed by atoms with E-state index in [1.54, 1.807) is 6.33 Å². The first-order chi connectivity index (χ1) is 11.2. The van der Waals surface area contributed by atoms with Gasteiger partial charge >= 0.3 is 0 Å². The minimum absolute atomic E-state index is 0.0543. The highest BCUT2D eigenvalue weighted by Crippen LogP contribution is 2.32. The van der Waals surface area contributed by atoms with Gasteiger partial charge in [0.15, 0.2) is 0 Å². The van der Waals surface area contributed by atoms with E-state index in [9.17, 15) is 4.79 Å². The van der Waals surface area contributed by atoms with Gasteiger partial charge in [0.1, 0.15) is 5.69 Å². The zero-order valence-electron chi connectivity index (χ0n) is 12.9. The van der Waals surface area contributed by atoms with Gasteiger partial charge in [-0.3, -0.25) is 4.79 Å². The number of nitrogens with zero attached hydrogens (tertiary/aromatic N) is 3. The first kappa shape index (κ1) is 13.8. The average Bonchev–Trinajstić information content (AvgIpc) is 3.22. The van der Waals surface area contributed by atoms with Crippen molar-refractivity contribution in [1.82, 2.24) is 19.4 Å². The summed E-state index contributed by atoms with van der Waals surface area (Å²) >= 11 is 0. The summed E-state index contributed by atoms with van der Waals surface area (Å²) in [5, 5.41) is 0. The number of benzene rings is 1. The number of rotatable bonds is 2. The minimum atomic E-state index is 0.0543. The number of nitrogens with one attached hydrogen (secondary N) is 1. The van der Waals surface area contributed by atoms with Crippen LogP contribution in [0.3, 0.4) is 0 Å². The van der Waals surface area contributed by atoms with Crippen LogP contribution in [-0.4, -0.2) is 31.9 Å². The number of imidazole rings is 1. The van der Waals surface area contributed by atoms with Crippen molar-refractivity contribution in [1.29, 1.82) is 0 Å². The van der Waals surface area contributed by atoms with Crippen molar-refractivity contribution < 1.29 is 4.79 Å². The Hall–Kier alpha value is -2.82. The summed E-state index contributed by atoms with van der Waals surface area (Å²) in [5.74, 6) is 0.161. The molecule has 3 aromatic rings. The Morgan fingerprint density at radius 2 is 2.04 bits per heavy atom. The number of carbonyl (C=O) groups excluding carboxylic acids is 1. The molecule has 1 atom stereocenters. The van der Waals surface area contributed by atoms with E-state index in [2.05, 4.69) is 22.1 Å². The van der Waals surface area contributed by atoms with Crippen LogP contribution in [0.1, 0.15) is 33.4 Å². The van der Waals surface area contributed by atoms with E-state index in [-0.39, 0.29) is 11.8 Å². The molecule has 0 saturated carbocycles. The van der Waals surface area contributed by atoms with E-state index in [0.717, 1.165) is 11.4 Å². The maximum absolute atomic E-state index is 12.9. The lowest BCUT2D eigenvalue weighted by atomic mass is 9.91. The van der Waals surface area contributed by atoms with Crippen molar-refractivity contribution in [3.05, 3.63) is 77.6 Å². The molecular weight excluding hydrogens is 288 g/mol. The number of H-pyrrole nitrogens is 1. The standard InChI is InChI=1S/C18H18N4O/c1-21-9-5-8-16(21)18(23)22-10-14(13-6-3-2-4-7-13)17-15(11-22)19-12-20-17/h2-9,12,14H,10-11H2,1H3,(H,19,20). The molecule has 0 spiro atoms. The molecule has 1 N–H and O–H groups in total. The smallest absolute Gasteiger partial charge is 0.270 e. The Morgan fingerprint density at radius 1 is 1.22 bits per heavy atom. The molecule has 5 nitrogen and oxygen atoms in total. The maximum Gasteiger partial charge on any atom is 0.270 e. The molecule has 0 fully saturated rings. The molecule has 5 heteroatoms. The Bertz CT molecular complexity index is 834. The predicted octanol–water partition coefficient (Wildman–Crippen LogP) is 2.54. The Balaban J connectivity index is 1.70. The lowest BCUT2D eigenvalue weighted by Crippen LogP contribution is -2.39. The third-order valence-corrected chi connectivity index (χ3v) is 4.49. The first-order valence-electron chi connectivity index (χ1n) is 7.71. The summed E-state index contributed by atoms with van der Waals surface area (Å²) in [6.45, 7) is 1.22. The van der Waals surface area contributed by atoms with Crippen molar-refractivity contribution in [3.63, 3.8) is 0 Å². The summed E-state index contributed by atoms with van der Waals surface area (Å²) in [5.41, 5.74) is 3.96. The second-order valence-electron chi connectivity index (χ2n) is 5.92. The second-order valence-corrected chi connectivity index (χ2v) is 5.92. The molecule has 1 aliphatic heterocycles. The van der Waals surface area contributed by atoms with Crippen LogP contribution in [0.25, 0.3) is 0 Å². The van der Waals surface area contributed by atoms with Crippen molar-refractivity contribution in [2.24, 2.45) is 7.05 Å². The highest BCUT2D eigenvalue weighted by molar-refractivity contribution is 5.93. The molecule has 1 amide bonds. The van der Waals surface area contributed by atoms with Gasteiger partial charge in [0.25, 0.3) is 5.91 Å². The first-order valence-corrected chi connectivity index (χ1v) is 7.71. The largest absolute Gasteiger partial charge is 0.347 e. The number of aromatic amines is 1. The van der Waals surface area contributed by atoms with Gasteiger partial charge in [-0.1, -0.05) is 30.3 Å². The van der Waals surface area contributed by atoms with Crippen molar-refractivity contribution in [2.75, 3.05) is 6.54 Å². The van der Waals surface area contributed by atoms with Crippen molar-refractivity contribution in [3.8, 4) is 0 Å². The van der Waals surface area contributed by atoms with Crippen LogP contribution in [0.5, 0.6) is 0 Å². The van der Waals surface area contributed by atoms with Gasteiger partial charge in [0, 0.05) is 25.7 Å². The van der Waals surface area contributed by atoms with Gasteiger partial charge in [0.2, 0.25) is 0 Å². The van der Waals surface area contributed by atoms with Gasteiger partial charge in [0.05, 0.1) is 24.3 Å². The molecule has 23 heavy (non-hydrogen) atoms. The van der Waals surface area contributed by atoms with Crippen LogP contribution < -0.4 is 0 Å². The van der Waals surface area contributed by atoms with E-state index in [1.807, 2.05) is 53.0 Å². The lowest BCUT2D eigenvalue weighted by molar-refractivity contribution is 0.0712. The van der Waals surface area contributed by atoms with Crippen LogP contribution >= 0.6 is 0 Å². The highest BCUT2D eigenvalue weighted by Gasteiger charge is 2.32. The number of hydrogen-bond acceptors (Lipinski definition) is 2. The average molecular weight is 306 g/mol. The Kier molecular flexibility index (Phi) is 3.26. The van der Waals surface area contributed by atoms with Crippen LogP contribution in [0.4, 0.5) is 0 Å². The van der Waals surface area contributed by atoms with E-state index < -0.39 is 0 Å². The van der Waals surface area contributed by atoms with Crippen molar-refractivity contribution in [2.45, 2.75) is 12.5 Å². The molecular formula is C18H18N4O. The minimum Gasteiger partial charge on any atom is -0.347 e. The lowest BCUT2D eigenvalue weighted by Gasteiger charge is -2.32. The highest BCUT2D eigenvalue weighted by atomic mass is 16.2. The molecule has 1 aliphatic rings. The third kappa shape index (κ3) is 2.34. The third-order valence-electron chi connectivity index (χ3n) is 4.49. The van der Waals surface area contributed by atoms with Gasteiger partial charge < -0.3 is 14.5 Å². The Morgan fingerprint density at radius 3 is 2.78 bits per heavy atom. The van der Waals surface area contributed by atoms with Gasteiger partial charge in [-0.15, -0.1) is 0 Å². The van der Waals surface area contributed by atoms with Crippen LogP contribution in [0.15, 0.2) is 55.0 Å². The van der Waals surface area contributed by atoms with Crippen LogP contribution in [0.2, 0.25) is 0 Å². The van der Waals surface area contributed by atoms with Gasteiger partial charge in [-0.05, 0) is 17.7 Å². The second kappa shape index (κ2) is 5.43. The molecule has 0 bridgehead atoms. The van der Waals surface area contributed by atoms with E-state index >= 15 is 0 Å². The number of fused-ring (bicyclic) bond motifs is 1. The molecule has 2 aromatic heterocycles. The topological polar surface area (TPSA) is 53.9 Å². The number of aryl methyl sites for hydroxylation is 1. The van der Waals surface area contributed by atoms with Crippen molar-refractivity contribution >= 4 is 5.91 Å². The maximum atomic E-state index is 12.9. The molecule has 1 unspecified atom stereocenters. The summed E-state index contributed by atoms with van der Waals surface area (Å²) < 4.78 is 1.86. The molecule has 1 aromatic carbocycles. The van der Waals surface area contributed by atoms with Crippen LogP contribution in [-0.2, 0) is 13.6 Å². The Labute approximate surface area is 134 Å². The quantitative estimate of drug-likeness (QED) is 0.791. The normalized spacial score (nSPS) is 17.1. The zero-order chi connectivity index (χ0) is 15.8. The summed E-state index contributed by atoms with van der Waals surface area (Å²) in [7, 11) is 1.90. The zero-order valence-corrected chi connectivity index (χ0v) is 12.9.